The number of aryl methyl sites for hydroxylation is 1. The van der Waals surface area contributed by atoms with E-state index < -0.39 is 18.0 Å². The summed E-state index contributed by atoms with van der Waals surface area (Å²) in [5.41, 5.74) is 9.03. The first-order valence-corrected chi connectivity index (χ1v) is 8.11. The van der Waals surface area contributed by atoms with Crippen molar-refractivity contribution in [3.63, 3.8) is 0 Å². The van der Waals surface area contributed by atoms with Crippen LogP contribution < -0.4 is 9.70 Å². The third-order valence-corrected chi connectivity index (χ3v) is 4.74. The molecule has 1 aliphatic heterocycles. The van der Waals surface area contributed by atoms with Crippen LogP contribution in [0.25, 0.3) is 21.0 Å². The summed E-state index contributed by atoms with van der Waals surface area (Å²) in [6.07, 6.45) is -1.14. The summed E-state index contributed by atoms with van der Waals surface area (Å²) in [6, 6.07) is 4.45. The molecule has 1 amide bonds. The summed E-state index contributed by atoms with van der Waals surface area (Å²) >= 11 is 1.27. The first-order chi connectivity index (χ1) is 12.0. The number of cyclic esters (lactones) is 1. The van der Waals surface area contributed by atoms with E-state index in [4.69, 9.17) is 10.3 Å². The standard InChI is InChI=1S/C14H14FN7O2S/c1-17-13-21(2)19-12(25-13)10-4-3-8(5-11(10)15)22-7-9(6-18-20-16)24-14(22)23/h3-5,9H,6-7H2,1-2H3/t9-/m0/s1. The van der Waals surface area contributed by atoms with E-state index >= 15 is 0 Å². The molecule has 2 heterocycles. The molecule has 0 saturated carbocycles. The summed E-state index contributed by atoms with van der Waals surface area (Å²) in [6.45, 7) is 0.236. The quantitative estimate of drug-likeness (QED) is 0.473. The number of nitrogens with zero attached hydrogens (tertiary/aromatic N) is 7. The molecule has 25 heavy (non-hydrogen) atoms. The van der Waals surface area contributed by atoms with Crippen LogP contribution in [0, 0.1) is 5.82 Å². The highest BCUT2D eigenvalue weighted by atomic mass is 32.1. The molecule has 0 aliphatic carbocycles. The minimum absolute atomic E-state index is 0.0399. The number of hydrogen-bond donors (Lipinski definition) is 0. The number of rotatable bonds is 4. The Morgan fingerprint density at radius 1 is 1.56 bits per heavy atom. The van der Waals surface area contributed by atoms with Crippen molar-refractivity contribution in [3.8, 4) is 10.6 Å². The molecule has 130 valence electrons. The molecule has 9 nitrogen and oxygen atoms in total. The van der Waals surface area contributed by atoms with Crippen LogP contribution in [0.15, 0.2) is 28.3 Å². The molecule has 1 saturated heterocycles. The van der Waals surface area contributed by atoms with E-state index in [1.165, 1.54) is 22.3 Å². The number of carbonyl (C=O) groups is 1. The minimum atomic E-state index is -0.599. The molecule has 11 heteroatoms. The lowest BCUT2D eigenvalue weighted by molar-refractivity contribution is 0.145. The van der Waals surface area contributed by atoms with Gasteiger partial charge in [0.15, 0.2) is 0 Å². The van der Waals surface area contributed by atoms with Gasteiger partial charge >= 0.3 is 6.09 Å². The van der Waals surface area contributed by atoms with Crippen molar-refractivity contribution < 1.29 is 13.9 Å². The second-order valence-corrected chi connectivity index (χ2v) is 6.19. The minimum Gasteiger partial charge on any atom is -0.444 e. The number of benzene rings is 1. The molecule has 0 unspecified atom stereocenters. The molecule has 1 atom stereocenters. The first kappa shape index (κ1) is 16.9. The fraction of sp³-hybridized carbons (Fsp3) is 0.357. The highest BCUT2D eigenvalue weighted by Crippen LogP contribution is 2.29. The molecular formula is C14H14FN7O2S. The summed E-state index contributed by atoms with van der Waals surface area (Å²) < 4.78 is 21.2. The lowest BCUT2D eigenvalue weighted by Crippen LogP contribution is -2.25. The van der Waals surface area contributed by atoms with Crippen LogP contribution in [0.3, 0.4) is 0 Å². The van der Waals surface area contributed by atoms with Crippen LogP contribution in [0.4, 0.5) is 14.9 Å². The Morgan fingerprint density at radius 2 is 2.36 bits per heavy atom. The second kappa shape index (κ2) is 6.91. The molecular weight excluding hydrogens is 349 g/mol. The van der Waals surface area contributed by atoms with E-state index in [-0.39, 0.29) is 13.1 Å². The third kappa shape index (κ3) is 3.32. The van der Waals surface area contributed by atoms with Crippen molar-refractivity contribution in [2.45, 2.75) is 6.10 Å². The highest BCUT2D eigenvalue weighted by Gasteiger charge is 2.32. The van der Waals surface area contributed by atoms with Crippen LogP contribution in [0.2, 0.25) is 0 Å². The van der Waals surface area contributed by atoms with E-state index in [9.17, 15) is 9.18 Å². The lowest BCUT2D eigenvalue weighted by atomic mass is 10.2. The van der Waals surface area contributed by atoms with Crippen molar-refractivity contribution in [1.82, 2.24) is 9.78 Å². The van der Waals surface area contributed by atoms with E-state index in [1.807, 2.05) is 0 Å². The van der Waals surface area contributed by atoms with E-state index in [2.05, 4.69) is 20.1 Å². The van der Waals surface area contributed by atoms with Gasteiger partial charge in [0.1, 0.15) is 16.9 Å². The SMILES string of the molecule is CN=c1sc(-c2ccc(N3C[C@H](CN=[N+]=[N-])OC3=O)cc2F)nn1C. The number of anilines is 1. The molecule has 0 bridgehead atoms. The molecule has 1 aromatic heterocycles. The molecule has 1 aromatic carbocycles. The number of amides is 1. The van der Waals surface area contributed by atoms with Crippen molar-refractivity contribution in [2.24, 2.45) is 17.2 Å². The van der Waals surface area contributed by atoms with Gasteiger partial charge in [-0.25, -0.2) is 13.9 Å². The molecule has 2 aromatic rings. The van der Waals surface area contributed by atoms with Crippen molar-refractivity contribution >= 4 is 23.1 Å². The van der Waals surface area contributed by atoms with Gasteiger partial charge in [0.2, 0.25) is 4.80 Å². The number of azide groups is 1. The van der Waals surface area contributed by atoms with Gasteiger partial charge in [-0.1, -0.05) is 16.5 Å². The molecule has 0 N–H and O–H groups in total. The average molecular weight is 363 g/mol. The molecule has 3 rings (SSSR count). The molecule has 0 radical (unpaired) electrons. The maximum atomic E-state index is 14.5. The van der Waals surface area contributed by atoms with E-state index in [0.29, 0.717) is 21.1 Å². The van der Waals surface area contributed by atoms with Gasteiger partial charge in [-0.05, 0) is 23.7 Å². The number of carbonyl (C=O) groups excluding carboxylic acids is 1. The third-order valence-electron chi connectivity index (χ3n) is 3.61. The monoisotopic (exact) mass is 363 g/mol. The summed E-state index contributed by atoms with van der Waals surface area (Å²) in [4.78, 5) is 20.6. The number of hydrogen-bond acceptors (Lipinski definition) is 6. The molecule has 1 fully saturated rings. The van der Waals surface area contributed by atoms with Gasteiger partial charge in [0.25, 0.3) is 0 Å². The Labute approximate surface area is 145 Å². The zero-order valence-corrected chi connectivity index (χ0v) is 14.3. The maximum absolute atomic E-state index is 14.5. The van der Waals surface area contributed by atoms with Gasteiger partial charge < -0.3 is 4.74 Å². The smallest absolute Gasteiger partial charge is 0.414 e. The highest BCUT2D eigenvalue weighted by molar-refractivity contribution is 7.12. The number of halogens is 1. The van der Waals surface area contributed by atoms with Crippen LogP contribution in [-0.2, 0) is 11.8 Å². The largest absolute Gasteiger partial charge is 0.444 e. The Hall–Kier alpha value is -2.91. The first-order valence-electron chi connectivity index (χ1n) is 7.29. The Bertz CT molecular complexity index is 932. The normalized spacial score (nSPS) is 17.6. The van der Waals surface area contributed by atoms with Crippen molar-refractivity contribution in [2.75, 3.05) is 25.0 Å². The Kier molecular flexibility index (Phi) is 4.68. The predicted octanol–water partition coefficient (Wildman–Crippen LogP) is 2.45. The van der Waals surface area contributed by atoms with E-state index in [1.54, 1.807) is 30.9 Å². The molecule has 1 aliphatic rings. The predicted molar refractivity (Wildman–Crippen MR) is 89.6 cm³/mol. The summed E-state index contributed by atoms with van der Waals surface area (Å²) in [5, 5.41) is 8.14. The van der Waals surface area contributed by atoms with Crippen LogP contribution in [0.1, 0.15) is 0 Å². The van der Waals surface area contributed by atoms with Crippen LogP contribution >= 0.6 is 11.3 Å². The van der Waals surface area contributed by atoms with Crippen LogP contribution in [-0.4, -0.2) is 42.1 Å². The number of ether oxygens (including phenoxy) is 1. The topological polar surface area (TPSA) is 108 Å². The van der Waals surface area contributed by atoms with E-state index in [0.717, 1.165) is 0 Å². The van der Waals surface area contributed by atoms with Gasteiger partial charge in [0.05, 0.1) is 18.8 Å². The second-order valence-electron chi connectivity index (χ2n) is 5.23. The Morgan fingerprint density at radius 3 is 3.00 bits per heavy atom. The lowest BCUT2D eigenvalue weighted by Gasteiger charge is -2.13. The van der Waals surface area contributed by atoms with Gasteiger partial charge in [0, 0.05) is 24.6 Å². The number of aromatic nitrogens is 2. The zero-order chi connectivity index (χ0) is 18.0. The van der Waals surface area contributed by atoms with Crippen LogP contribution in [0.5, 0.6) is 0 Å². The van der Waals surface area contributed by atoms with Gasteiger partial charge in [-0.15, -0.1) is 0 Å². The Balaban J connectivity index is 1.87. The fourth-order valence-electron chi connectivity index (χ4n) is 2.45. The van der Waals surface area contributed by atoms with Crippen molar-refractivity contribution in [3.05, 3.63) is 39.3 Å². The van der Waals surface area contributed by atoms with Gasteiger partial charge in [-0.2, -0.15) is 5.10 Å². The summed E-state index contributed by atoms with van der Waals surface area (Å²) in [7, 11) is 3.38. The summed E-state index contributed by atoms with van der Waals surface area (Å²) in [5.74, 6) is -0.499. The van der Waals surface area contributed by atoms with Gasteiger partial charge in [-0.3, -0.25) is 9.89 Å². The average Bonchev–Trinajstić information content (AvgIpc) is 3.15. The maximum Gasteiger partial charge on any atom is 0.414 e. The fourth-order valence-corrected chi connectivity index (χ4v) is 3.33. The zero-order valence-electron chi connectivity index (χ0n) is 13.5. The molecule has 0 spiro atoms. The van der Waals surface area contributed by atoms with Crippen molar-refractivity contribution in [1.29, 1.82) is 0 Å².